The normalized spacial score (nSPS) is 11.7. The van der Waals surface area contributed by atoms with Crippen molar-refractivity contribution in [3.8, 4) is 0 Å². The fourth-order valence-electron chi connectivity index (χ4n) is 1.76. The molecule has 0 unspecified atom stereocenters. The largest absolute Gasteiger partial charge is 0.324 e. The molecule has 4 nitrogen and oxygen atoms in total. The molecule has 0 aliphatic heterocycles. The van der Waals surface area contributed by atoms with Crippen LogP contribution in [0.25, 0.3) is 0 Å². The molecule has 1 aromatic carbocycles. The highest BCUT2D eigenvalue weighted by Gasteiger charge is 2.19. The highest BCUT2D eigenvalue weighted by molar-refractivity contribution is 5.85. The number of nitrogens with zero attached hydrogens (tertiary/aromatic N) is 1. The van der Waals surface area contributed by atoms with Gasteiger partial charge >= 0.3 is 0 Å². The quantitative estimate of drug-likeness (QED) is 0.489. The zero-order chi connectivity index (χ0) is 12.8. The molecule has 0 aromatic heterocycles. The molecule has 18 heavy (non-hydrogen) atoms. The van der Waals surface area contributed by atoms with Gasteiger partial charge in [0.1, 0.15) is 5.82 Å². The minimum atomic E-state index is -0.610. The summed E-state index contributed by atoms with van der Waals surface area (Å²) in [4.78, 5) is 10.2. The number of rotatable bonds is 6. The van der Waals surface area contributed by atoms with Gasteiger partial charge in [0.2, 0.25) is 0 Å². The van der Waals surface area contributed by atoms with Crippen molar-refractivity contribution in [2.45, 2.75) is 38.6 Å². The Morgan fingerprint density at radius 2 is 2.11 bits per heavy atom. The summed E-state index contributed by atoms with van der Waals surface area (Å²) in [5.74, 6) is -0.610. The van der Waals surface area contributed by atoms with Crippen LogP contribution in [0.2, 0.25) is 0 Å². The first-order valence-corrected chi connectivity index (χ1v) is 5.75. The fraction of sp³-hybridized carbons (Fsp3) is 0.500. The Kier molecular flexibility index (Phi) is 7.47. The summed E-state index contributed by atoms with van der Waals surface area (Å²) in [5, 5.41) is 10.8. The van der Waals surface area contributed by atoms with Crippen LogP contribution in [0.1, 0.15) is 44.2 Å². The maximum absolute atomic E-state index is 12.9. The number of nitro groups is 1. The highest BCUT2D eigenvalue weighted by atomic mass is 35.5. The molecule has 0 saturated carbocycles. The van der Waals surface area contributed by atoms with Gasteiger partial charge in [0, 0.05) is 11.6 Å². The van der Waals surface area contributed by atoms with Gasteiger partial charge < -0.3 is 5.73 Å². The van der Waals surface area contributed by atoms with Crippen molar-refractivity contribution in [2.75, 3.05) is 0 Å². The zero-order valence-electron chi connectivity index (χ0n) is 10.3. The summed E-state index contributed by atoms with van der Waals surface area (Å²) >= 11 is 0. The SMILES string of the molecule is CCCCC[C@@H](N)c1ccc(F)cc1[N+](=O)[O-].Cl. The van der Waals surface area contributed by atoms with Crippen LogP contribution in [-0.2, 0) is 0 Å². The maximum atomic E-state index is 12.9. The van der Waals surface area contributed by atoms with E-state index in [-0.39, 0.29) is 18.1 Å². The van der Waals surface area contributed by atoms with E-state index in [4.69, 9.17) is 5.73 Å². The lowest BCUT2D eigenvalue weighted by Gasteiger charge is -2.11. The van der Waals surface area contributed by atoms with Gasteiger partial charge in [-0.05, 0) is 18.6 Å². The molecule has 1 aromatic rings. The Hall–Kier alpha value is -1.20. The van der Waals surface area contributed by atoms with Crippen molar-refractivity contribution in [1.82, 2.24) is 0 Å². The molecule has 102 valence electrons. The molecule has 0 spiro atoms. The van der Waals surface area contributed by atoms with Crippen LogP contribution in [0, 0.1) is 15.9 Å². The van der Waals surface area contributed by atoms with Crippen LogP contribution >= 0.6 is 12.4 Å². The number of unbranched alkanes of at least 4 members (excludes halogenated alkanes) is 2. The van der Waals surface area contributed by atoms with Crippen LogP contribution in [0.4, 0.5) is 10.1 Å². The highest BCUT2D eigenvalue weighted by Crippen LogP contribution is 2.27. The predicted molar refractivity (Wildman–Crippen MR) is 71.4 cm³/mol. The van der Waals surface area contributed by atoms with Crippen molar-refractivity contribution < 1.29 is 9.31 Å². The molecule has 2 N–H and O–H groups in total. The average Bonchev–Trinajstić information content (AvgIpc) is 2.29. The summed E-state index contributed by atoms with van der Waals surface area (Å²) < 4.78 is 12.9. The molecular formula is C12H18ClFN2O2. The Morgan fingerprint density at radius 3 is 2.67 bits per heavy atom. The standard InChI is InChI=1S/C12H17FN2O2.ClH/c1-2-3-4-5-11(14)10-7-6-9(13)8-12(10)15(16)17;/h6-8,11H,2-5,14H2,1H3;1H/t11-;/m1./s1. The molecule has 1 rings (SSSR count). The summed E-state index contributed by atoms with van der Waals surface area (Å²) in [5.41, 5.74) is 6.08. The van der Waals surface area contributed by atoms with Crippen molar-refractivity contribution in [1.29, 1.82) is 0 Å². The molecule has 0 heterocycles. The predicted octanol–water partition coefficient (Wildman–Crippen LogP) is 3.74. The van der Waals surface area contributed by atoms with Gasteiger partial charge in [-0.15, -0.1) is 12.4 Å². The minimum Gasteiger partial charge on any atom is -0.324 e. The molecule has 1 atom stereocenters. The summed E-state index contributed by atoms with van der Waals surface area (Å²) in [6.07, 6.45) is 3.72. The first kappa shape index (κ1) is 16.8. The molecule has 0 saturated heterocycles. The second-order valence-electron chi connectivity index (χ2n) is 4.06. The average molecular weight is 277 g/mol. The number of hydrogen-bond donors (Lipinski definition) is 1. The van der Waals surface area contributed by atoms with Crippen LogP contribution in [-0.4, -0.2) is 4.92 Å². The monoisotopic (exact) mass is 276 g/mol. The van der Waals surface area contributed by atoms with E-state index in [1.807, 2.05) is 0 Å². The van der Waals surface area contributed by atoms with E-state index in [1.165, 1.54) is 12.1 Å². The maximum Gasteiger partial charge on any atom is 0.277 e. The van der Waals surface area contributed by atoms with E-state index in [2.05, 4.69) is 6.92 Å². The number of benzene rings is 1. The van der Waals surface area contributed by atoms with E-state index in [0.29, 0.717) is 12.0 Å². The summed E-state index contributed by atoms with van der Waals surface area (Å²) in [7, 11) is 0. The van der Waals surface area contributed by atoms with E-state index in [1.54, 1.807) is 0 Å². The summed E-state index contributed by atoms with van der Waals surface area (Å²) in [6, 6.07) is 3.14. The van der Waals surface area contributed by atoms with Crippen molar-refractivity contribution in [3.63, 3.8) is 0 Å². The van der Waals surface area contributed by atoms with E-state index >= 15 is 0 Å². The lowest BCUT2D eigenvalue weighted by atomic mass is 9.99. The molecule has 0 amide bonds. The molecule has 0 bridgehead atoms. The van der Waals surface area contributed by atoms with Crippen molar-refractivity contribution in [3.05, 3.63) is 39.7 Å². The molecule has 0 aliphatic carbocycles. The Labute approximate surface area is 112 Å². The zero-order valence-corrected chi connectivity index (χ0v) is 11.1. The molecule has 0 radical (unpaired) electrons. The minimum absolute atomic E-state index is 0. The fourth-order valence-corrected chi connectivity index (χ4v) is 1.76. The smallest absolute Gasteiger partial charge is 0.277 e. The van der Waals surface area contributed by atoms with Gasteiger partial charge in [-0.2, -0.15) is 0 Å². The third-order valence-corrected chi connectivity index (χ3v) is 2.71. The Morgan fingerprint density at radius 1 is 1.44 bits per heavy atom. The Bertz CT molecular complexity index is 402. The second-order valence-corrected chi connectivity index (χ2v) is 4.06. The molecule has 0 fully saturated rings. The Balaban J connectivity index is 0.00000289. The third kappa shape index (κ3) is 4.58. The van der Waals surface area contributed by atoms with Crippen LogP contribution in [0.3, 0.4) is 0 Å². The number of halogens is 2. The van der Waals surface area contributed by atoms with E-state index in [9.17, 15) is 14.5 Å². The first-order chi connectivity index (χ1) is 8.06. The van der Waals surface area contributed by atoms with Crippen LogP contribution in [0.15, 0.2) is 18.2 Å². The lowest BCUT2D eigenvalue weighted by Crippen LogP contribution is -2.12. The number of nitro benzene ring substituents is 1. The molecule has 6 heteroatoms. The van der Waals surface area contributed by atoms with Crippen LogP contribution < -0.4 is 5.73 Å². The van der Waals surface area contributed by atoms with E-state index < -0.39 is 16.8 Å². The van der Waals surface area contributed by atoms with E-state index in [0.717, 1.165) is 25.3 Å². The van der Waals surface area contributed by atoms with Crippen LogP contribution in [0.5, 0.6) is 0 Å². The van der Waals surface area contributed by atoms with Gasteiger partial charge in [-0.25, -0.2) is 4.39 Å². The van der Waals surface area contributed by atoms with Gasteiger partial charge in [0.05, 0.1) is 11.0 Å². The van der Waals surface area contributed by atoms with Gasteiger partial charge in [0.25, 0.3) is 5.69 Å². The number of hydrogen-bond acceptors (Lipinski definition) is 3. The molecule has 0 aliphatic rings. The van der Waals surface area contributed by atoms with Gasteiger partial charge in [0.15, 0.2) is 0 Å². The lowest BCUT2D eigenvalue weighted by molar-refractivity contribution is -0.385. The summed E-state index contributed by atoms with van der Waals surface area (Å²) in [6.45, 7) is 2.08. The first-order valence-electron chi connectivity index (χ1n) is 5.75. The van der Waals surface area contributed by atoms with Gasteiger partial charge in [-0.3, -0.25) is 10.1 Å². The second kappa shape index (κ2) is 8.00. The van der Waals surface area contributed by atoms with Crippen molar-refractivity contribution in [2.24, 2.45) is 5.73 Å². The topological polar surface area (TPSA) is 69.2 Å². The third-order valence-electron chi connectivity index (χ3n) is 2.71. The number of nitrogens with two attached hydrogens (primary N) is 1. The van der Waals surface area contributed by atoms with Crippen molar-refractivity contribution >= 4 is 18.1 Å². The molecular weight excluding hydrogens is 259 g/mol. The van der Waals surface area contributed by atoms with Gasteiger partial charge in [-0.1, -0.05) is 26.2 Å².